The molecule has 1 aromatic heterocycles. The van der Waals surface area contributed by atoms with E-state index in [1.54, 1.807) is 24.4 Å². The molecule has 2 heterocycles. The smallest absolute Gasteiger partial charge is 0.0901 e. The van der Waals surface area contributed by atoms with Gasteiger partial charge in [0, 0.05) is 29.7 Å². The van der Waals surface area contributed by atoms with E-state index in [4.69, 9.17) is 11.6 Å². The number of likely N-dealkylation sites (tertiary alicyclic amines) is 1. The molecule has 0 aliphatic carbocycles. The maximum atomic E-state index is 9.87. The predicted molar refractivity (Wildman–Crippen MR) is 90.9 cm³/mol. The number of rotatable bonds is 4. The van der Waals surface area contributed by atoms with Crippen LogP contribution in [0.2, 0.25) is 5.02 Å². The number of β-amino-alcohol motifs (C(OH)–C–C–N with tert-alkyl or cyclic N) is 1. The standard InChI is InChI=1S/C17H22ClN3O2/c18-13-4-5-15-16(6-10-21(23)17(15)11-13)19-7-2-9-20-8-1-3-14(22)12-20/h4-6,10-11,14,22-23H,1-3,7-9,12H2. The highest BCUT2D eigenvalue weighted by molar-refractivity contribution is 6.31. The van der Waals surface area contributed by atoms with Gasteiger partial charge in [-0.15, -0.1) is 0 Å². The zero-order valence-electron chi connectivity index (χ0n) is 13.0. The Kier molecular flexibility index (Phi) is 5.20. The van der Waals surface area contributed by atoms with E-state index in [1.807, 2.05) is 6.07 Å². The molecule has 3 rings (SSSR count). The van der Waals surface area contributed by atoms with Crippen LogP contribution in [0.25, 0.3) is 10.9 Å². The van der Waals surface area contributed by atoms with Crippen molar-refractivity contribution >= 4 is 22.5 Å². The molecule has 0 amide bonds. The van der Waals surface area contributed by atoms with Crippen LogP contribution in [0.5, 0.6) is 0 Å². The second kappa shape index (κ2) is 7.34. The summed E-state index contributed by atoms with van der Waals surface area (Å²) in [6, 6.07) is 7.22. The first-order valence-corrected chi connectivity index (χ1v) is 8.42. The molecular weight excluding hydrogens is 314 g/mol. The Morgan fingerprint density at radius 2 is 2.17 bits per heavy atom. The van der Waals surface area contributed by atoms with Gasteiger partial charge in [-0.2, -0.15) is 4.73 Å². The van der Waals surface area contributed by atoms with Crippen molar-refractivity contribution in [1.82, 2.24) is 9.63 Å². The molecule has 1 atom stereocenters. The molecule has 5 nitrogen and oxygen atoms in total. The van der Waals surface area contributed by atoms with Gasteiger partial charge < -0.3 is 15.2 Å². The summed E-state index contributed by atoms with van der Waals surface area (Å²) in [7, 11) is 0. The molecular formula is C17H22ClN3O2. The number of hydrogen-bond donors (Lipinski definition) is 2. The van der Waals surface area contributed by atoms with Crippen LogP contribution in [0, 0.1) is 0 Å². The van der Waals surface area contributed by atoms with Crippen LogP contribution in [0.4, 0.5) is 0 Å². The highest BCUT2D eigenvalue weighted by Gasteiger charge is 2.16. The van der Waals surface area contributed by atoms with E-state index < -0.39 is 0 Å². The van der Waals surface area contributed by atoms with Crippen molar-refractivity contribution < 1.29 is 10.3 Å². The van der Waals surface area contributed by atoms with Crippen molar-refractivity contribution in [1.29, 1.82) is 0 Å². The maximum Gasteiger partial charge on any atom is 0.0901 e. The van der Waals surface area contributed by atoms with Crippen molar-refractivity contribution in [2.75, 3.05) is 26.2 Å². The van der Waals surface area contributed by atoms with Crippen molar-refractivity contribution in [3.05, 3.63) is 40.8 Å². The summed E-state index contributed by atoms with van der Waals surface area (Å²) in [6.45, 7) is 3.52. The lowest BCUT2D eigenvalue weighted by Gasteiger charge is -2.29. The largest absolute Gasteiger partial charge is 0.428 e. The Labute approximate surface area is 140 Å². The molecule has 2 N–H and O–H groups in total. The van der Waals surface area contributed by atoms with Gasteiger partial charge >= 0.3 is 0 Å². The molecule has 1 unspecified atom stereocenters. The molecule has 1 aliphatic rings. The minimum absolute atomic E-state index is 0.177. The Hall–Kier alpha value is -1.56. The lowest BCUT2D eigenvalue weighted by molar-refractivity contribution is 0.0705. The van der Waals surface area contributed by atoms with Crippen LogP contribution in [-0.2, 0) is 0 Å². The van der Waals surface area contributed by atoms with E-state index in [9.17, 15) is 10.3 Å². The van der Waals surface area contributed by atoms with Crippen molar-refractivity contribution in [3.63, 3.8) is 0 Å². The van der Waals surface area contributed by atoms with Gasteiger partial charge in [0.25, 0.3) is 0 Å². The van der Waals surface area contributed by atoms with E-state index in [-0.39, 0.29) is 6.10 Å². The van der Waals surface area contributed by atoms with Crippen LogP contribution < -0.4 is 5.36 Å². The lowest BCUT2D eigenvalue weighted by Crippen LogP contribution is -2.38. The minimum Gasteiger partial charge on any atom is -0.428 e. The Morgan fingerprint density at radius 1 is 1.30 bits per heavy atom. The summed E-state index contributed by atoms with van der Waals surface area (Å²) in [5.74, 6) is 0. The average molecular weight is 336 g/mol. The zero-order chi connectivity index (χ0) is 16.2. The quantitative estimate of drug-likeness (QED) is 0.665. The van der Waals surface area contributed by atoms with Gasteiger partial charge in [-0.25, -0.2) is 0 Å². The van der Waals surface area contributed by atoms with Gasteiger partial charge in [-0.3, -0.25) is 4.99 Å². The van der Waals surface area contributed by atoms with E-state index in [1.165, 1.54) is 0 Å². The molecule has 0 radical (unpaired) electrons. The van der Waals surface area contributed by atoms with Crippen LogP contribution >= 0.6 is 11.6 Å². The first kappa shape index (κ1) is 16.3. The molecule has 1 saturated heterocycles. The number of aromatic nitrogens is 1. The van der Waals surface area contributed by atoms with Crippen LogP contribution in [-0.4, -0.2) is 52.2 Å². The third-order valence-corrected chi connectivity index (χ3v) is 4.49. The van der Waals surface area contributed by atoms with Crippen molar-refractivity contribution in [2.45, 2.75) is 25.4 Å². The molecule has 124 valence electrons. The Balaban J connectivity index is 1.68. The van der Waals surface area contributed by atoms with Gasteiger partial charge in [0.1, 0.15) is 0 Å². The summed E-state index contributed by atoms with van der Waals surface area (Å²) in [5, 5.41) is 21.9. The van der Waals surface area contributed by atoms with Gasteiger partial charge in [-0.05, 0) is 56.6 Å². The number of nitrogens with zero attached hydrogens (tertiary/aromatic N) is 3. The van der Waals surface area contributed by atoms with E-state index in [0.29, 0.717) is 10.5 Å². The Morgan fingerprint density at radius 3 is 3.00 bits per heavy atom. The monoisotopic (exact) mass is 335 g/mol. The fourth-order valence-corrected chi connectivity index (χ4v) is 3.25. The fraction of sp³-hybridized carbons (Fsp3) is 0.471. The van der Waals surface area contributed by atoms with E-state index >= 15 is 0 Å². The number of aliphatic hydroxyl groups excluding tert-OH is 1. The summed E-state index contributed by atoms with van der Waals surface area (Å²) in [5.41, 5.74) is 0.651. The number of pyridine rings is 1. The molecule has 1 fully saturated rings. The van der Waals surface area contributed by atoms with Crippen molar-refractivity contribution in [3.8, 4) is 0 Å². The third-order valence-electron chi connectivity index (χ3n) is 4.25. The summed E-state index contributed by atoms with van der Waals surface area (Å²) >= 11 is 5.99. The minimum atomic E-state index is -0.177. The SMILES string of the molecule is OC1CCCN(CCCN=c2ccn(O)c3cc(Cl)ccc23)C1. The number of aliphatic hydroxyl groups is 1. The van der Waals surface area contributed by atoms with Crippen molar-refractivity contribution in [2.24, 2.45) is 4.99 Å². The first-order chi connectivity index (χ1) is 11.1. The van der Waals surface area contributed by atoms with E-state index in [0.717, 1.165) is 60.9 Å². The van der Waals surface area contributed by atoms with Gasteiger partial charge in [0.15, 0.2) is 0 Å². The normalized spacial score (nSPS) is 20.3. The molecule has 1 aromatic carbocycles. The average Bonchev–Trinajstić information content (AvgIpc) is 2.54. The number of halogens is 1. The molecule has 0 saturated carbocycles. The maximum absolute atomic E-state index is 9.87. The van der Waals surface area contributed by atoms with Gasteiger partial charge in [-0.1, -0.05) is 11.6 Å². The van der Waals surface area contributed by atoms with Gasteiger partial charge in [0.05, 0.1) is 17.0 Å². The van der Waals surface area contributed by atoms with Crippen LogP contribution in [0.15, 0.2) is 35.5 Å². The molecule has 1 aliphatic heterocycles. The second-order valence-electron chi connectivity index (χ2n) is 6.04. The Bertz CT molecular complexity index is 744. The van der Waals surface area contributed by atoms with Crippen LogP contribution in [0.3, 0.4) is 0 Å². The second-order valence-corrected chi connectivity index (χ2v) is 6.48. The first-order valence-electron chi connectivity index (χ1n) is 8.04. The number of piperidine rings is 1. The molecule has 0 bridgehead atoms. The third kappa shape index (κ3) is 4.05. The number of hydrogen-bond acceptors (Lipinski definition) is 4. The summed E-state index contributed by atoms with van der Waals surface area (Å²) < 4.78 is 1.06. The molecule has 0 spiro atoms. The zero-order valence-corrected chi connectivity index (χ0v) is 13.8. The topological polar surface area (TPSA) is 61.0 Å². The van der Waals surface area contributed by atoms with Crippen LogP contribution in [0.1, 0.15) is 19.3 Å². The fourth-order valence-electron chi connectivity index (χ4n) is 3.09. The predicted octanol–water partition coefficient (Wildman–Crippen LogP) is 2.28. The molecule has 2 aromatic rings. The molecule has 6 heteroatoms. The highest BCUT2D eigenvalue weighted by Crippen LogP contribution is 2.15. The van der Waals surface area contributed by atoms with E-state index in [2.05, 4.69) is 9.89 Å². The summed E-state index contributed by atoms with van der Waals surface area (Å²) in [6.07, 6.45) is 4.34. The summed E-state index contributed by atoms with van der Waals surface area (Å²) in [4.78, 5) is 6.95. The molecule has 23 heavy (non-hydrogen) atoms. The number of fused-ring (bicyclic) bond motifs is 1. The van der Waals surface area contributed by atoms with Gasteiger partial charge in [0.2, 0.25) is 0 Å². The highest BCUT2D eigenvalue weighted by atomic mass is 35.5. The number of benzene rings is 1. The lowest BCUT2D eigenvalue weighted by atomic mass is 10.1.